The van der Waals surface area contributed by atoms with E-state index < -0.39 is 0 Å². The molecule has 0 aromatic heterocycles. The van der Waals surface area contributed by atoms with Crippen molar-refractivity contribution in [2.45, 2.75) is 25.8 Å². The van der Waals surface area contributed by atoms with Crippen molar-refractivity contribution in [2.75, 3.05) is 19.6 Å². The molecule has 0 aliphatic carbocycles. The van der Waals surface area contributed by atoms with E-state index in [2.05, 4.69) is 25.0 Å². The number of nitrogens with zero attached hydrogens (tertiary/aromatic N) is 1. The molecular weight excluding hydrogens is 160 g/mol. The normalized spacial score (nSPS) is 12.8. The second-order valence-corrected chi connectivity index (χ2v) is 3.31. The Hall–Kier alpha value is -0.600. The number of hydrogen-bond donors (Lipinski definition) is 1. The fourth-order valence-corrected chi connectivity index (χ4v) is 1.36. The van der Waals surface area contributed by atoms with Gasteiger partial charge in [-0.25, -0.2) is 0 Å². The fraction of sp³-hybridized carbons (Fsp3) is 0.636. The summed E-state index contributed by atoms with van der Waals surface area (Å²) >= 11 is 0. The Bertz CT molecular complexity index is 133. The molecule has 0 radical (unpaired) electrons. The molecule has 0 saturated carbocycles. The summed E-state index contributed by atoms with van der Waals surface area (Å²) < 4.78 is 0. The Morgan fingerprint density at radius 1 is 1.31 bits per heavy atom. The maximum atomic E-state index is 5.47. The van der Waals surface area contributed by atoms with Crippen LogP contribution in [-0.4, -0.2) is 30.6 Å². The summed E-state index contributed by atoms with van der Waals surface area (Å²) in [6.45, 7) is 12.3. The summed E-state index contributed by atoms with van der Waals surface area (Å²) in [5, 5.41) is 0. The van der Waals surface area contributed by atoms with Gasteiger partial charge in [0.2, 0.25) is 0 Å². The Morgan fingerprint density at radius 2 is 1.85 bits per heavy atom. The molecule has 0 aromatic rings. The van der Waals surface area contributed by atoms with E-state index in [1.54, 1.807) is 0 Å². The molecule has 0 aliphatic heterocycles. The smallest absolute Gasteiger partial charge is 0.0166 e. The molecule has 0 bridgehead atoms. The first-order valence-corrected chi connectivity index (χ1v) is 4.92. The zero-order chi connectivity index (χ0) is 10.1. The molecule has 13 heavy (non-hydrogen) atoms. The summed E-state index contributed by atoms with van der Waals surface area (Å²) in [5.41, 5.74) is 5.47. The quantitative estimate of drug-likeness (QED) is 0.580. The van der Waals surface area contributed by atoms with Gasteiger partial charge in [-0.1, -0.05) is 12.2 Å². The van der Waals surface area contributed by atoms with Crippen molar-refractivity contribution in [3.8, 4) is 0 Å². The van der Waals surface area contributed by atoms with Gasteiger partial charge in [0.1, 0.15) is 0 Å². The molecule has 76 valence electrons. The molecular formula is C11H22N2. The third-order valence-corrected chi connectivity index (χ3v) is 2.18. The van der Waals surface area contributed by atoms with Gasteiger partial charge in [-0.05, 0) is 26.3 Å². The second-order valence-electron chi connectivity index (χ2n) is 3.31. The minimum atomic E-state index is 0.569. The fourth-order valence-electron chi connectivity index (χ4n) is 1.36. The molecule has 0 amide bonds. The monoisotopic (exact) mass is 182 g/mol. The highest BCUT2D eigenvalue weighted by molar-refractivity contribution is 4.82. The number of hydrogen-bond acceptors (Lipinski definition) is 2. The first-order chi connectivity index (χ1) is 6.26. The molecule has 0 aromatic carbocycles. The molecule has 0 rings (SSSR count). The van der Waals surface area contributed by atoms with Gasteiger partial charge in [-0.2, -0.15) is 0 Å². The van der Waals surface area contributed by atoms with E-state index in [-0.39, 0.29) is 0 Å². The summed E-state index contributed by atoms with van der Waals surface area (Å²) in [5.74, 6) is 0. The SMILES string of the molecule is C=CCN(CC=C)C(C)CCCN. The zero-order valence-electron chi connectivity index (χ0n) is 8.71. The average molecular weight is 182 g/mol. The van der Waals surface area contributed by atoms with Crippen molar-refractivity contribution in [1.82, 2.24) is 4.90 Å². The minimum absolute atomic E-state index is 0.569. The lowest BCUT2D eigenvalue weighted by molar-refractivity contribution is 0.242. The van der Waals surface area contributed by atoms with Crippen LogP contribution in [0.3, 0.4) is 0 Å². The molecule has 0 fully saturated rings. The van der Waals surface area contributed by atoms with Crippen LogP contribution in [0.2, 0.25) is 0 Å². The third-order valence-electron chi connectivity index (χ3n) is 2.18. The molecule has 2 nitrogen and oxygen atoms in total. The van der Waals surface area contributed by atoms with Crippen LogP contribution in [0.25, 0.3) is 0 Å². The lowest BCUT2D eigenvalue weighted by Crippen LogP contribution is -2.33. The number of nitrogens with two attached hydrogens (primary N) is 1. The molecule has 0 heterocycles. The van der Waals surface area contributed by atoms with Crippen LogP contribution < -0.4 is 5.73 Å². The van der Waals surface area contributed by atoms with Gasteiger partial charge in [0, 0.05) is 19.1 Å². The van der Waals surface area contributed by atoms with E-state index in [0.29, 0.717) is 6.04 Å². The molecule has 0 aliphatic rings. The number of rotatable bonds is 8. The first-order valence-electron chi connectivity index (χ1n) is 4.92. The molecule has 0 saturated heterocycles. The average Bonchev–Trinajstić information content (AvgIpc) is 2.14. The predicted octanol–water partition coefficient (Wildman–Crippen LogP) is 1.79. The van der Waals surface area contributed by atoms with Gasteiger partial charge in [-0.3, -0.25) is 4.90 Å². The van der Waals surface area contributed by atoms with E-state index in [1.807, 2.05) is 12.2 Å². The predicted molar refractivity (Wildman–Crippen MR) is 59.7 cm³/mol. The highest BCUT2D eigenvalue weighted by Gasteiger charge is 2.09. The van der Waals surface area contributed by atoms with Crippen LogP contribution >= 0.6 is 0 Å². The first kappa shape index (κ1) is 12.4. The van der Waals surface area contributed by atoms with Gasteiger partial charge >= 0.3 is 0 Å². The molecule has 2 heteroatoms. The highest BCUT2D eigenvalue weighted by Crippen LogP contribution is 2.05. The van der Waals surface area contributed by atoms with Crippen molar-refractivity contribution in [3.63, 3.8) is 0 Å². The zero-order valence-corrected chi connectivity index (χ0v) is 8.71. The van der Waals surface area contributed by atoms with Gasteiger partial charge in [0.05, 0.1) is 0 Å². The molecule has 1 atom stereocenters. The second kappa shape index (κ2) is 8.02. The van der Waals surface area contributed by atoms with Crippen molar-refractivity contribution in [1.29, 1.82) is 0 Å². The van der Waals surface area contributed by atoms with Crippen molar-refractivity contribution in [3.05, 3.63) is 25.3 Å². The van der Waals surface area contributed by atoms with E-state index in [4.69, 9.17) is 5.73 Å². The van der Waals surface area contributed by atoms with E-state index in [0.717, 1.165) is 32.5 Å². The van der Waals surface area contributed by atoms with Crippen LogP contribution in [0.5, 0.6) is 0 Å². The van der Waals surface area contributed by atoms with Gasteiger partial charge in [0.25, 0.3) is 0 Å². The van der Waals surface area contributed by atoms with Crippen LogP contribution in [0.15, 0.2) is 25.3 Å². The van der Waals surface area contributed by atoms with Crippen molar-refractivity contribution >= 4 is 0 Å². The van der Waals surface area contributed by atoms with Crippen LogP contribution in [0.4, 0.5) is 0 Å². The van der Waals surface area contributed by atoms with Crippen molar-refractivity contribution < 1.29 is 0 Å². The third kappa shape index (κ3) is 5.61. The topological polar surface area (TPSA) is 29.3 Å². The van der Waals surface area contributed by atoms with Crippen LogP contribution in [0.1, 0.15) is 19.8 Å². The summed E-state index contributed by atoms with van der Waals surface area (Å²) in [6.07, 6.45) is 6.11. The van der Waals surface area contributed by atoms with Gasteiger partial charge in [0.15, 0.2) is 0 Å². The van der Waals surface area contributed by atoms with Crippen LogP contribution in [0, 0.1) is 0 Å². The highest BCUT2D eigenvalue weighted by atomic mass is 15.1. The minimum Gasteiger partial charge on any atom is -0.330 e. The van der Waals surface area contributed by atoms with Gasteiger partial charge in [-0.15, -0.1) is 13.2 Å². The van der Waals surface area contributed by atoms with E-state index in [9.17, 15) is 0 Å². The van der Waals surface area contributed by atoms with Crippen LogP contribution in [-0.2, 0) is 0 Å². The lowest BCUT2D eigenvalue weighted by Gasteiger charge is -2.26. The Labute approximate surface area is 82.1 Å². The molecule has 1 unspecified atom stereocenters. The Morgan fingerprint density at radius 3 is 2.23 bits per heavy atom. The van der Waals surface area contributed by atoms with E-state index >= 15 is 0 Å². The summed E-state index contributed by atoms with van der Waals surface area (Å²) in [6, 6.07) is 0.569. The maximum absolute atomic E-state index is 5.47. The summed E-state index contributed by atoms with van der Waals surface area (Å²) in [7, 11) is 0. The maximum Gasteiger partial charge on any atom is 0.0166 e. The Kier molecular flexibility index (Phi) is 7.65. The van der Waals surface area contributed by atoms with Crippen molar-refractivity contribution in [2.24, 2.45) is 5.73 Å². The molecule has 2 N–H and O–H groups in total. The lowest BCUT2D eigenvalue weighted by atomic mass is 10.1. The van der Waals surface area contributed by atoms with E-state index in [1.165, 1.54) is 0 Å². The molecule has 0 spiro atoms. The standard InChI is InChI=1S/C11H22N2/c1-4-9-13(10-5-2)11(3)7-6-8-12/h4-5,11H,1-2,6-10,12H2,3H3. The Balaban J connectivity index is 3.85. The summed E-state index contributed by atoms with van der Waals surface area (Å²) in [4.78, 5) is 2.34. The largest absolute Gasteiger partial charge is 0.330 e. The van der Waals surface area contributed by atoms with Gasteiger partial charge < -0.3 is 5.73 Å².